The van der Waals surface area contributed by atoms with Crippen molar-refractivity contribution in [3.05, 3.63) is 18.6 Å². The van der Waals surface area contributed by atoms with Gasteiger partial charge in [-0.2, -0.15) is 0 Å². The number of hydrogen-bond acceptors (Lipinski definition) is 1. The van der Waals surface area contributed by atoms with Crippen LogP contribution in [0.4, 0.5) is 0 Å². The summed E-state index contributed by atoms with van der Waals surface area (Å²) in [6.45, 7) is 6.15. The molecule has 1 heteroatoms. The quantitative estimate of drug-likeness (QED) is 0.296. The maximum atomic E-state index is 4.83. The van der Waals surface area contributed by atoms with Crippen LogP contribution < -0.4 is 0 Å². The number of rotatable bonds is 3. The maximum absolute atomic E-state index is 4.83. The lowest BCUT2D eigenvalue weighted by Gasteiger charge is -1.89. The summed E-state index contributed by atoms with van der Waals surface area (Å²) in [6.07, 6.45) is 2.52. The van der Waals surface area contributed by atoms with Crippen molar-refractivity contribution in [1.82, 2.24) is 0 Å². The second kappa shape index (κ2) is 5.32. The first-order valence-electron chi connectivity index (χ1n) is 2.37. The molecule has 0 aromatic rings. The van der Waals surface area contributed by atoms with E-state index in [0.717, 1.165) is 13.0 Å². The monoisotopic (exact) mass is 98.1 g/mol. The normalized spacial score (nSPS) is 7.00. The average Bonchev–Trinajstić information content (AvgIpc) is 1.69. The Kier molecular flexibility index (Phi) is 4.80. The Hall–Kier alpha value is -0.680. The molecule has 0 saturated heterocycles. The van der Waals surface area contributed by atoms with E-state index < -0.39 is 0 Å². The molecule has 0 aromatic heterocycles. The van der Waals surface area contributed by atoms with Gasteiger partial charge < -0.3 is 4.74 Å². The molecule has 0 aliphatic rings. The number of hydrogen-bond donors (Lipinski definition) is 0. The van der Waals surface area contributed by atoms with Crippen LogP contribution in [0, 0.1) is 0 Å². The SMILES string of the molecule is C=C=COCCC. The van der Waals surface area contributed by atoms with Gasteiger partial charge in [-0.25, -0.2) is 0 Å². The van der Waals surface area contributed by atoms with Crippen LogP contribution in [-0.4, -0.2) is 6.61 Å². The smallest absolute Gasteiger partial charge is 0.124 e. The van der Waals surface area contributed by atoms with E-state index in [4.69, 9.17) is 4.74 Å². The van der Waals surface area contributed by atoms with E-state index in [1.807, 2.05) is 0 Å². The molecule has 0 radical (unpaired) electrons. The molecule has 0 aliphatic carbocycles. The number of ether oxygens (including phenoxy) is 1. The Labute approximate surface area is 44.3 Å². The molecule has 7 heavy (non-hydrogen) atoms. The highest BCUT2D eigenvalue weighted by molar-refractivity contribution is 4.63. The van der Waals surface area contributed by atoms with E-state index in [1.165, 1.54) is 6.26 Å². The van der Waals surface area contributed by atoms with Crippen molar-refractivity contribution in [1.29, 1.82) is 0 Å². The van der Waals surface area contributed by atoms with Gasteiger partial charge in [-0.3, -0.25) is 0 Å². The van der Waals surface area contributed by atoms with Gasteiger partial charge >= 0.3 is 0 Å². The summed E-state index contributed by atoms with van der Waals surface area (Å²) in [4.78, 5) is 0. The van der Waals surface area contributed by atoms with Crippen LogP contribution in [0.1, 0.15) is 13.3 Å². The minimum absolute atomic E-state index is 0.766. The Bertz CT molecular complexity index is 70.2. The Morgan fingerprint density at radius 3 is 3.00 bits per heavy atom. The highest BCUT2D eigenvalue weighted by atomic mass is 16.5. The highest BCUT2D eigenvalue weighted by Crippen LogP contribution is 1.77. The predicted octanol–water partition coefficient (Wildman–Crippen LogP) is 1.71. The predicted molar refractivity (Wildman–Crippen MR) is 30.0 cm³/mol. The van der Waals surface area contributed by atoms with Crippen molar-refractivity contribution in [2.75, 3.05) is 6.61 Å². The lowest BCUT2D eigenvalue weighted by atomic mass is 10.5. The van der Waals surface area contributed by atoms with Crippen molar-refractivity contribution in [3.8, 4) is 0 Å². The lowest BCUT2D eigenvalue weighted by molar-refractivity contribution is 0.250. The largest absolute Gasteiger partial charge is 0.493 e. The Balaban J connectivity index is 2.83. The minimum atomic E-state index is 0.766. The van der Waals surface area contributed by atoms with Crippen molar-refractivity contribution >= 4 is 0 Å². The zero-order chi connectivity index (χ0) is 5.54. The van der Waals surface area contributed by atoms with Crippen molar-refractivity contribution in [3.63, 3.8) is 0 Å². The lowest BCUT2D eigenvalue weighted by Crippen LogP contribution is -1.79. The summed E-state index contributed by atoms with van der Waals surface area (Å²) in [5.41, 5.74) is 2.51. The second-order valence-corrected chi connectivity index (χ2v) is 1.19. The highest BCUT2D eigenvalue weighted by Gasteiger charge is 1.69. The van der Waals surface area contributed by atoms with Crippen LogP contribution in [0.25, 0.3) is 0 Å². The van der Waals surface area contributed by atoms with Crippen LogP contribution in [0.3, 0.4) is 0 Å². The second-order valence-electron chi connectivity index (χ2n) is 1.19. The third kappa shape index (κ3) is 5.32. The molecule has 0 aliphatic heterocycles. The van der Waals surface area contributed by atoms with Gasteiger partial charge in [-0.1, -0.05) is 19.2 Å². The molecule has 0 saturated carbocycles. The zero-order valence-electron chi connectivity index (χ0n) is 4.61. The molecule has 0 spiro atoms. The van der Waals surface area contributed by atoms with Gasteiger partial charge in [0.2, 0.25) is 0 Å². The van der Waals surface area contributed by atoms with Gasteiger partial charge in [0.1, 0.15) is 6.26 Å². The summed E-state index contributed by atoms with van der Waals surface area (Å²) in [7, 11) is 0. The molecule has 0 N–H and O–H groups in total. The van der Waals surface area contributed by atoms with E-state index in [0.29, 0.717) is 0 Å². The summed E-state index contributed by atoms with van der Waals surface area (Å²) >= 11 is 0. The Morgan fingerprint density at radius 2 is 2.57 bits per heavy atom. The molecule has 0 atom stereocenters. The van der Waals surface area contributed by atoms with Crippen LogP contribution in [0.5, 0.6) is 0 Å². The molecule has 0 bridgehead atoms. The summed E-state index contributed by atoms with van der Waals surface area (Å²) in [6, 6.07) is 0. The van der Waals surface area contributed by atoms with Crippen LogP contribution in [0.2, 0.25) is 0 Å². The van der Waals surface area contributed by atoms with Crippen molar-refractivity contribution in [2.45, 2.75) is 13.3 Å². The van der Waals surface area contributed by atoms with Gasteiger partial charge in [0.25, 0.3) is 0 Å². The van der Waals surface area contributed by atoms with Gasteiger partial charge in [0, 0.05) is 0 Å². The van der Waals surface area contributed by atoms with Gasteiger partial charge in [0.15, 0.2) is 0 Å². The summed E-state index contributed by atoms with van der Waals surface area (Å²) in [5.74, 6) is 0. The van der Waals surface area contributed by atoms with E-state index in [2.05, 4.69) is 19.2 Å². The van der Waals surface area contributed by atoms with E-state index in [-0.39, 0.29) is 0 Å². The topological polar surface area (TPSA) is 9.23 Å². The first-order valence-corrected chi connectivity index (χ1v) is 2.37. The molecular formula is C6H10O. The van der Waals surface area contributed by atoms with Crippen molar-refractivity contribution in [2.24, 2.45) is 0 Å². The first-order chi connectivity index (χ1) is 3.41. The van der Waals surface area contributed by atoms with E-state index >= 15 is 0 Å². The summed E-state index contributed by atoms with van der Waals surface area (Å²) in [5, 5.41) is 0. The Morgan fingerprint density at radius 1 is 1.86 bits per heavy atom. The molecule has 0 unspecified atom stereocenters. The van der Waals surface area contributed by atoms with Crippen LogP contribution in [-0.2, 0) is 4.74 Å². The standard InChI is InChI=1S/C6H10O/c1-3-5-7-6-4-2/h5H,1,4,6H2,2H3. The van der Waals surface area contributed by atoms with E-state index in [9.17, 15) is 0 Å². The molecule has 40 valence electrons. The fourth-order valence-electron chi connectivity index (χ4n) is 0.236. The summed E-state index contributed by atoms with van der Waals surface area (Å²) < 4.78 is 4.83. The maximum Gasteiger partial charge on any atom is 0.124 e. The van der Waals surface area contributed by atoms with E-state index in [1.54, 1.807) is 0 Å². The fourth-order valence-corrected chi connectivity index (χ4v) is 0.236. The average molecular weight is 98.1 g/mol. The molecule has 0 rings (SSSR count). The zero-order valence-corrected chi connectivity index (χ0v) is 4.61. The molecule has 0 aromatic carbocycles. The molecule has 1 nitrogen and oxygen atoms in total. The van der Waals surface area contributed by atoms with Crippen LogP contribution >= 0.6 is 0 Å². The molecule has 0 fully saturated rings. The third-order valence-electron chi connectivity index (χ3n) is 0.489. The minimum Gasteiger partial charge on any atom is -0.493 e. The van der Waals surface area contributed by atoms with Gasteiger partial charge in [-0.15, -0.1) is 0 Å². The fraction of sp³-hybridized carbons (Fsp3) is 0.500. The molecular weight excluding hydrogens is 88.1 g/mol. The van der Waals surface area contributed by atoms with Crippen LogP contribution in [0.15, 0.2) is 18.6 Å². The first kappa shape index (κ1) is 6.32. The van der Waals surface area contributed by atoms with Gasteiger partial charge in [0.05, 0.1) is 6.61 Å². The van der Waals surface area contributed by atoms with Gasteiger partial charge in [-0.05, 0) is 6.42 Å². The molecule has 0 amide bonds. The van der Waals surface area contributed by atoms with Crippen molar-refractivity contribution < 1.29 is 4.74 Å². The molecule has 0 heterocycles. The third-order valence-corrected chi connectivity index (χ3v) is 0.489.